The maximum absolute atomic E-state index is 12.5. The van der Waals surface area contributed by atoms with Crippen molar-refractivity contribution >= 4 is 0 Å². The van der Waals surface area contributed by atoms with Crippen LogP contribution in [0.15, 0.2) is 36.5 Å². The molecule has 0 spiro atoms. The second kappa shape index (κ2) is 4.09. The lowest BCUT2D eigenvalue weighted by Gasteiger charge is -2.16. The molecule has 0 aliphatic heterocycles. The van der Waals surface area contributed by atoms with Crippen molar-refractivity contribution in [3.05, 3.63) is 53.3 Å². The molecule has 2 aromatic rings. The number of hydrogen-bond acceptors (Lipinski definition) is 2. The molecule has 3 nitrogen and oxygen atoms in total. The van der Waals surface area contributed by atoms with Gasteiger partial charge < -0.3 is 5.73 Å². The minimum atomic E-state index is -4.42. The molecule has 100 valence electrons. The van der Waals surface area contributed by atoms with Gasteiger partial charge in [0.05, 0.1) is 12.1 Å². The van der Waals surface area contributed by atoms with Gasteiger partial charge >= 0.3 is 6.18 Å². The van der Waals surface area contributed by atoms with Crippen molar-refractivity contribution in [1.29, 1.82) is 0 Å². The summed E-state index contributed by atoms with van der Waals surface area (Å²) < 4.78 is 39.0. The van der Waals surface area contributed by atoms with Crippen molar-refractivity contribution in [2.45, 2.75) is 24.7 Å². The first-order chi connectivity index (χ1) is 8.97. The van der Waals surface area contributed by atoms with E-state index in [9.17, 15) is 13.2 Å². The molecule has 2 unspecified atom stereocenters. The summed E-state index contributed by atoms with van der Waals surface area (Å²) in [6.45, 7) is 0. The van der Waals surface area contributed by atoms with Crippen LogP contribution in [0.2, 0.25) is 0 Å². The molecule has 1 aromatic carbocycles. The maximum atomic E-state index is 12.5. The van der Waals surface area contributed by atoms with Crippen LogP contribution in [0.1, 0.15) is 28.9 Å². The zero-order valence-electron chi connectivity index (χ0n) is 9.93. The van der Waals surface area contributed by atoms with E-state index in [2.05, 4.69) is 5.10 Å². The normalized spacial score (nSPS) is 22.5. The average Bonchev–Trinajstić information content (AvgIpc) is 2.94. The largest absolute Gasteiger partial charge is 0.435 e. The van der Waals surface area contributed by atoms with Gasteiger partial charge in [-0.3, -0.25) is 4.68 Å². The van der Waals surface area contributed by atoms with Crippen molar-refractivity contribution in [2.75, 3.05) is 0 Å². The Morgan fingerprint density at radius 2 is 1.95 bits per heavy atom. The fourth-order valence-electron chi connectivity index (χ4n) is 2.54. The molecular weight excluding hydrogens is 255 g/mol. The lowest BCUT2D eigenvalue weighted by Crippen LogP contribution is -2.22. The SMILES string of the molecule is NC1c2ccccc2CC1n1ccc(C(F)(F)F)n1. The Hall–Kier alpha value is -1.82. The van der Waals surface area contributed by atoms with Gasteiger partial charge in [0.25, 0.3) is 0 Å². The molecular formula is C13H12F3N3. The number of fused-ring (bicyclic) bond motifs is 1. The van der Waals surface area contributed by atoms with Gasteiger partial charge in [-0.15, -0.1) is 0 Å². The van der Waals surface area contributed by atoms with Crippen LogP contribution in [0.4, 0.5) is 13.2 Å². The van der Waals surface area contributed by atoms with Crippen LogP contribution >= 0.6 is 0 Å². The van der Waals surface area contributed by atoms with Crippen molar-refractivity contribution in [1.82, 2.24) is 9.78 Å². The molecule has 0 amide bonds. The molecule has 0 bridgehead atoms. The minimum Gasteiger partial charge on any atom is -0.322 e. The summed E-state index contributed by atoms with van der Waals surface area (Å²) in [5.74, 6) is 0. The summed E-state index contributed by atoms with van der Waals surface area (Å²) in [4.78, 5) is 0. The van der Waals surface area contributed by atoms with E-state index in [4.69, 9.17) is 5.73 Å². The third kappa shape index (κ3) is 2.02. The van der Waals surface area contributed by atoms with Crippen LogP contribution < -0.4 is 5.73 Å². The third-order valence-corrected chi connectivity index (χ3v) is 3.50. The van der Waals surface area contributed by atoms with Crippen molar-refractivity contribution in [3.63, 3.8) is 0 Å². The predicted molar refractivity (Wildman–Crippen MR) is 63.3 cm³/mol. The van der Waals surface area contributed by atoms with Crippen LogP contribution in [0.3, 0.4) is 0 Å². The molecule has 2 atom stereocenters. The maximum Gasteiger partial charge on any atom is 0.435 e. The Morgan fingerprint density at radius 3 is 2.58 bits per heavy atom. The van der Waals surface area contributed by atoms with Gasteiger partial charge in [-0.25, -0.2) is 0 Å². The van der Waals surface area contributed by atoms with Crippen LogP contribution in [0.5, 0.6) is 0 Å². The number of rotatable bonds is 1. The molecule has 1 aromatic heterocycles. The van der Waals surface area contributed by atoms with Gasteiger partial charge in [-0.2, -0.15) is 18.3 Å². The Balaban J connectivity index is 1.92. The molecule has 3 rings (SSSR count). The van der Waals surface area contributed by atoms with E-state index in [0.717, 1.165) is 17.2 Å². The second-order valence-electron chi connectivity index (χ2n) is 4.67. The van der Waals surface area contributed by atoms with E-state index in [-0.39, 0.29) is 12.1 Å². The minimum absolute atomic E-state index is 0.256. The molecule has 1 aliphatic rings. The van der Waals surface area contributed by atoms with Crippen molar-refractivity contribution in [3.8, 4) is 0 Å². The Bertz CT molecular complexity index is 603. The molecule has 0 fully saturated rings. The molecule has 19 heavy (non-hydrogen) atoms. The van der Waals surface area contributed by atoms with E-state index in [1.807, 2.05) is 24.3 Å². The predicted octanol–water partition coefficient (Wildman–Crippen LogP) is 2.70. The highest BCUT2D eigenvalue weighted by Crippen LogP contribution is 2.38. The lowest BCUT2D eigenvalue weighted by molar-refractivity contribution is -0.141. The Morgan fingerprint density at radius 1 is 1.21 bits per heavy atom. The van der Waals surface area contributed by atoms with Crippen LogP contribution in [0, 0.1) is 0 Å². The van der Waals surface area contributed by atoms with Crippen molar-refractivity contribution in [2.24, 2.45) is 5.73 Å². The number of hydrogen-bond donors (Lipinski definition) is 1. The number of nitrogens with two attached hydrogens (primary N) is 1. The quantitative estimate of drug-likeness (QED) is 0.863. The lowest BCUT2D eigenvalue weighted by atomic mass is 10.1. The Labute approximate surface area is 107 Å². The standard InChI is InChI=1S/C13H12F3N3/c14-13(15,16)11-5-6-19(18-11)10-7-8-3-1-2-4-9(8)12(10)17/h1-6,10,12H,7,17H2. The number of nitrogens with zero attached hydrogens (tertiary/aromatic N) is 2. The first kappa shape index (κ1) is 12.2. The number of aromatic nitrogens is 2. The highest BCUT2D eigenvalue weighted by molar-refractivity contribution is 5.36. The number of alkyl halides is 3. The average molecular weight is 267 g/mol. The van der Waals surface area contributed by atoms with Crippen molar-refractivity contribution < 1.29 is 13.2 Å². The second-order valence-corrected chi connectivity index (χ2v) is 4.67. The molecule has 2 N–H and O–H groups in total. The van der Waals surface area contributed by atoms with Gasteiger partial charge in [0.15, 0.2) is 5.69 Å². The van der Waals surface area contributed by atoms with E-state index in [1.54, 1.807) is 0 Å². The zero-order valence-corrected chi connectivity index (χ0v) is 9.93. The van der Waals surface area contributed by atoms with E-state index in [0.29, 0.717) is 6.42 Å². The van der Waals surface area contributed by atoms with E-state index >= 15 is 0 Å². The van der Waals surface area contributed by atoms with Gasteiger partial charge in [-0.05, 0) is 23.6 Å². The summed E-state index contributed by atoms with van der Waals surface area (Å²) in [6, 6.07) is 8.04. The summed E-state index contributed by atoms with van der Waals surface area (Å²) in [5, 5.41) is 3.61. The van der Waals surface area contributed by atoms with Crippen LogP contribution in [0.25, 0.3) is 0 Å². The summed E-state index contributed by atoms with van der Waals surface area (Å²) >= 11 is 0. The van der Waals surface area contributed by atoms with E-state index in [1.165, 1.54) is 10.9 Å². The molecule has 1 aliphatic carbocycles. The van der Waals surface area contributed by atoms with Gasteiger partial charge in [0, 0.05) is 6.20 Å². The zero-order chi connectivity index (χ0) is 13.6. The molecule has 1 heterocycles. The van der Waals surface area contributed by atoms with Gasteiger partial charge in [0.1, 0.15) is 0 Å². The van der Waals surface area contributed by atoms with Gasteiger partial charge in [-0.1, -0.05) is 24.3 Å². The van der Waals surface area contributed by atoms with E-state index < -0.39 is 11.9 Å². The van der Waals surface area contributed by atoms with Crippen LogP contribution in [-0.4, -0.2) is 9.78 Å². The Kier molecular flexibility index (Phi) is 2.63. The first-order valence-corrected chi connectivity index (χ1v) is 5.92. The summed E-state index contributed by atoms with van der Waals surface area (Å²) in [7, 11) is 0. The monoisotopic (exact) mass is 267 g/mol. The highest BCUT2D eigenvalue weighted by atomic mass is 19.4. The van der Waals surface area contributed by atoms with Crippen LogP contribution in [-0.2, 0) is 12.6 Å². The fourth-order valence-corrected chi connectivity index (χ4v) is 2.54. The highest BCUT2D eigenvalue weighted by Gasteiger charge is 2.36. The fraction of sp³-hybridized carbons (Fsp3) is 0.308. The van der Waals surface area contributed by atoms with Gasteiger partial charge in [0.2, 0.25) is 0 Å². The smallest absolute Gasteiger partial charge is 0.322 e. The molecule has 6 heteroatoms. The summed E-state index contributed by atoms with van der Waals surface area (Å²) in [6.07, 6.45) is -2.46. The number of halogens is 3. The molecule has 0 radical (unpaired) electrons. The molecule has 0 saturated heterocycles. The topological polar surface area (TPSA) is 43.8 Å². The first-order valence-electron chi connectivity index (χ1n) is 5.92. The molecule has 0 saturated carbocycles. The summed E-state index contributed by atoms with van der Waals surface area (Å²) in [5.41, 5.74) is 7.28. The third-order valence-electron chi connectivity index (χ3n) is 3.50. The number of benzene rings is 1.